The standard InChI is InChI=1S/C30H32N2O4/c1-7-36-24-14-12-20(17-21(24)30(4,5)6)27(33)25-26(22-10-8-9-15-31-22)32(29(35)28(25)34)23-13-11-18(2)16-19(23)3/h8-17,26,33H,7H2,1-6H3/b27-25-. The van der Waals surface area contributed by atoms with Gasteiger partial charge in [0.2, 0.25) is 0 Å². The van der Waals surface area contributed by atoms with Gasteiger partial charge in [-0.3, -0.25) is 19.5 Å². The van der Waals surface area contributed by atoms with Crippen molar-refractivity contribution < 1.29 is 19.4 Å². The number of aliphatic hydroxyl groups is 1. The molecule has 1 aromatic heterocycles. The normalized spacial score (nSPS) is 17.5. The van der Waals surface area contributed by atoms with Crippen LogP contribution < -0.4 is 9.64 Å². The Bertz CT molecular complexity index is 1350. The summed E-state index contributed by atoms with van der Waals surface area (Å²) in [5, 5.41) is 11.5. The first-order valence-corrected chi connectivity index (χ1v) is 12.1. The topological polar surface area (TPSA) is 79.7 Å². The van der Waals surface area contributed by atoms with E-state index in [9.17, 15) is 14.7 Å². The first-order chi connectivity index (χ1) is 17.0. The van der Waals surface area contributed by atoms with Crippen LogP contribution >= 0.6 is 0 Å². The quantitative estimate of drug-likeness (QED) is 0.272. The third-order valence-electron chi connectivity index (χ3n) is 6.39. The molecule has 1 N–H and O–H groups in total. The second-order valence-corrected chi connectivity index (χ2v) is 10.1. The van der Waals surface area contributed by atoms with Gasteiger partial charge in [-0.25, -0.2) is 0 Å². The number of aromatic nitrogens is 1. The molecular weight excluding hydrogens is 452 g/mol. The van der Waals surface area contributed by atoms with E-state index in [4.69, 9.17) is 4.74 Å². The lowest BCUT2D eigenvalue weighted by atomic mass is 9.84. The summed E-state index contributed by atoms with van der Waals surface area (Å²) in [6.45, 7) is 12.5. The number of rotatable bonds is 5. The van der Waals surface area contributed by atoms with Crippen molar-refractivity contribution in [2.24, 2.45) is 0 Å². The smallest absolute Gasteiger partial charge is 0.300 e. The van der Waals surface area contributed by atoms with Gasteiger partial charge in [0, 0.05) is 23.0 Å². The van der Waals surface area contributed by atoms with E-state index in [0.717, 1.165) is 22.4 Å². The summed E-state index contributed by atoms with van der Waals surface area (Å²) in [6, 6.07) is 15.5. The highest BCUT2D eigenvalue weighted by Gasteiger charge is 2.48. The molecule has 1 aliphatic heterocycles. The van der Waals surface area contributed by atoms with E-state index >= 15 is 0 Å². The molecule has 1 unspecified atom stereocenters. The average Bonchev–Trinajstić information content (AvgIpc) is 3.09. The number of hydrogen-bond acceptors (Lipinski definition) is 5. The number of nitrogens with zero attached hydrogens (tertiary/aromatic N) is 2. The van der Waals surface area contributed by atoms with E-state index in [2.05, 4.69) is 25.8 Å². The van der Waals surface area contributed by atoms with Crippen molar-refractivity contribution in [3.63, 3.8) is 0 Å². The molecule has 6 nitrogen and oxygen atoms in total. The molecule has 1 saturated heterocycles. The number of Topliss-reactive ketones (excluding diaryl/α,β-unsaturated/α-hetero) is 1. The Hall–Kier alpha value is -3.93. The van der Waals surface area contributed by atoms with E-state index in [0.29, 0.717) is 23.6 Å². The van der Waals surface area contributed by atoms with Gasteiger partial charge in [-0.15, -0.1) is 0 Å². The fraction of sp³-hybridized carbons (Fsp3) is 0.300. The number of aliphatic hydroxyl groups excluding tert-OH is 1. The van der Waals surface area contributed by atoms with Gasteiger partial charge < -0.3 is 9.84 Å². The van der Waals surface area contributed by atoms with E-state index in [1.165, 1.54) is 4.90 Å². The summed E-state index contributed by atoms with van der Waals surface area (Å²) >= 11 is 0. The van der Waals surface area contributed by atoms with Crippen LogP contribution in [0.3, 0.4) is 0 Å². The molecule has 4 rings (SSSR count). The lowest BCUT2D eigenvalue weighted by Crippen LogP contribution is -2.30. The molecule has 186 valence electrons. The number of ether oxygens (including phenoxy) is 1. The van der Waals surface area contributed by atoms with Crippen molar-refractivity contribution in [1.29, 1.82) is 0 Å². The fourth-order valence-electron chi connectivity index (χ4n) is 4.67. The average molecular weight is 485 g/mol. The SMILES string of the molecule is CCOc1ccc(/C(O)=C2/C(=O)C(=O)N(c3ccc(C)cc3C)C2c2ccccn2)cc1C(C)(C)C. The van der Waals surface area contributed by atoms with Crippen molar-refractivity contribution in [2.45, 2.75) is 53.0 Å². The monoisotopic (exact) mass is 484 g/mol. The molecule has 0 aliphatic carbocycles. The number of ketones is 1. The Kier molecular flexibility index (Phi) is 6.72. The minimum Gasteiger partial charge on any atom is -0.507 e. The van der Waals surface area contributed by atoms with Crippen LogP contribution in [0.4, 0.5) is 5.69 Å². The fourth-order valence-corrected chi connectivity index (χ4v) is 4.67. The molecular formula is C30H32N2O4. The van der Waals surface area contributed by atoms with Gasteiger partial charge in [-0.2, -0.15) is 0 Å². The van der Waals surface area contributed by atoms with E-state index < -0.39 is 17.7 Å². The van der Waals surface area contributed by atoms with Gasteiger partial charge in [-0.1, -0.05) is 44.5 Å². The second kappa shape index (κ2) is 9.61. The van der Waals surface area contributed by atoms with Crippen molar-refractivity contribution in [3.05, 3.63) is 94.3 Å². The minimum atomic E-state index is -0.864. The maximum absolute atomic E-state index is 13.5. The Balaban J connectivity index is 1.95. The van der Waals surface area contributed by atoms with Crippen LogP contribution in [0.1, 0.15) is 61.7 Å². The molecule has 2 heterocycles. The van der Waals surface area contributed by atoms with Crippen LogP contribution in [0.15, 0.2) is 66.4 Å². The summed E-state index contributed by atoms with van der Waals surface area (Å²) in [5.41, 5.74) is 4.10. The molecule has 0 spiro atoms. The molecule has 0 radical (unpaired) electrons. The van der Waals surface area contributed by atoms with Crippen molar-refractivity contribution in [3.8, 4) is 5.75 Å². The van der Waals surface area contributed by atoms with Gasteiger partial charge >= 0.3 is 0 Å². The zero-order valence-corrected chi connectivity index (χ0v) is 21.6. The zero-order chi connectivity index (χ0) is 26.2. The molecule has 1 aliphatic rings. The number of aryl methyl sites for hydroxylation is 2. The minimum absolute atomic E-state index is 0.0164. The van der Waals surface area contributed by atoms with Crippen molar-refractivity contribution in [1.82, 2.24) is 4.98 Å². The Morgan fingerprint density at radius 1 is 1.06 bits per heavy atom. The molecule has 36 heavy (non-hydrogen) atoms. The number of pyridine rings is 1. The van der Waals surface area contributed by atoms with E-state index in [1.54, 1.807) is 36.5 Å². The maximum Gasteiger partial charge on any atom is 0.300 e. The van der Waals surface area contributed by atoms with E-state index in [1.807, 2.05) is 45.0 Å². The maximum atomic E-state index is 13.5. The highest BCUT2D eigenvalue weighted by Crippen LogP contribution is 2.43. The van der Waals surface area contributed by atoms with Crippen LogP contribution in [-0.2, 0) is 15.0 Å². The molecule has 3 aromatic rings. The summed E-state index contributed by atoms with van der Waals surface area (Å²) in [5.74, 6) is -0.946. The van der Waals surface area contributed by atoms with Gasteiger partial charge in [-0.05, 0) is 68.1 Å². The first kappa shape index (κ1) is 25.2. The molecule has 2 aromatic carbocycles. The first-order valence-electron chi connectivity index (χ1n) is 12.1. The lowest BCUT2D eigenvalue weighted by molar-refractivity contribution is -0.132. The van der Waals surface area contributed by atoms with Gasteiger partial charge in [0.05, 0.1) is 17.9 Å². The highest BCUT2D eigenvalue weighted by atomic mass is 16.5. The third-order valence-corrected chi connectivity index (χ3v) is 6.39. The zero-order valence-electron chi connectivity index (χ0n) is 21.6. The summed E-state index contributed by atoms with van der Waals surface area (Å²) in [7, 11) is 0. The van der Waals surface area contributed by atoms with Crippen LogP contribution in [0.25, 0.3) is 5.76 Å². The van der Waals surface area contributed by atoms with Gasteiger partial charge in [0.15, 0.2) is 0 Å². The predicted molar refractivity (Wildman–Crippen MR) is 141 cm³/mol. The molecule has 1 fully saturated rings. The van der Waals surface area contributed by atoms with Crippen LogP contribution in [0, 0.1) is 13.8 Å². The van der Waals surface area contributed by atoms with Crippen molar-refractivity contribution >= 4 is 23.1 Å². The molecule has 1 atom stereocenters. The van der Waals surface area contributed by atoms with Crippen molar-refractivity contribution in [2.75, 3.05) is 11.5 Å². The van der Waals surface area contributed by atoms with Crippen LogP contribution in [0.5, 0.6) is 5.75 Å². The molecule has 1 amide bonds. The Labute approximate surface area is 212 Å². The molecule has 0 saturated carbocycles. The highest BCUT2D eigenvalue weighted by molar-refractivity contribution is 6.51. The second-order valence-electron chi connectivity index (χ2n) is 10.1. The number of amides is 1. The molecule has 6 heteroatoms. The summed E-state index contributed by atoms with van der Waals surface area (Å²) in [6.07, 6.45) is 1.62. The van der Waals surface area contributed by atoms with Gasteiger partial charge in [0.25, 0.3) is 11.7 Å². The largest absolute Gasteiger partial charge is 0.507 e. The number of benzene rings is 2. The number of carbonyl (C=O) groups excluding carboxylic acids is 2. The summed E-state index contributed by atoms with van der Waals surface area (Å²) < 4.78 is 5.81. The number of anilines is 1. The number of carbonyl (C=O) groups is 2. The third kappa shape index (κ3) is 4.51. The Morgan fingerprint density at radius 2 is 1.81 bits per heavy atom. The van der Waals surface area contributed by atoms with Gasteiger partial charge in [0.1, 0.15) is 17.6 Å². The lowest BCUT2D eigenvalue weighted by Gasteiger charge is -2.26. The van der Waals surface area contributed by atoms with Crippen LogP contribution in [-0.4, -0.2) is 28.4 Å². The summed E-state index contributed by atoms with van der Waals surface area (Å²) in [4.78, 5) is 32.8. The van der Waals surface area contributed by atoms with E-state index in [-0.39, 0.29) is 16.7 Å². The Morgan fingerprint density at radius 3 is 2.42 bits per heavy atom. The predicted octanol–water partition coefficient (Wildman–Crippen LogP) is 6.02. The number of hydrogen-bond donors (Lipinski definition) is 1. The molecule has 0 bridgehead atoms. The van der Waals surface area contributed by atoms with Crippen LogP contribution in [0.2, 0.25) is 0 Å².